The van der Waals surface area contributed by atoms with Gasteiger partial charge in [-0.3, -0.25) is 4.99 Å². The van der Waals surface area contributed by atoms with E-state index in [2.05, 4.69) is 9.71 Å². The fourth-order valence-electron chi connectivity index (χ4n) is 1.14. The first-order valence-electron chi connectivity index (χ1n) is 5.43. The third-order valence-electron chi connectivity index (χ3n) is 2.22. The van der Waals surface area contributed by atoms with Crippen molar-refractivity contribution in [2.45, 2.75) is 6.92 Å². The van der Waals surface area contributed by atoms with Gasteiger partial charge in [0.1, 0.15) is 0 Å². The van der Waals surface area contributed by atoms with E-state index in [1.165, 1.54) is 7.05 Å². The van der Waals surface area contributed by atoms with Gasteiger partial charge in [-0.15, -0.1) is 3.71 Å². The van der Waals surface area contributed by atoms with Crippen molar-refractivity contribution in [1.29, 1.82) is 0 Å². The number of hydrogen-bond donors (Lipinski definition) is 1. The summed E-state index contributed by atoms with van der Waals surface area (Å²) in [6, 6.07) is 5.46. The summed E-state index contributed by atoms with van der Waals surface area (Å²) in [5.74, 6) is 0. The number of halogens is 1. The van der Waals surface area contributed by atoms with Gasteiger partial charge in [-0.1, -0.05) is 11.6 Å². The number of benzene rings is 1. The van der Waals surface area contributed by atoms with Crippen LogP contribution < -0.4 is 4.72 Å². The maximum absolute atomic E-state index is 11.1. The van der Waals surface area contributed by atoms with Crippen LogP contribution in [-0.2, 0) is 10.0 Å². The Bertz CT molecular complexity index is 561. The summed E-state index contributed by atoms with van der Waals surface area (Å²) < 4.78 is 26.3. The number of nitrogens with zero attached hydrogens (tertiary/aromatic N) is 2. The minimum Gasteiger partial charge on any atom is -0.260 e. The van der Waals surface area contributed by atoms with Gasteiger partial charge in [0.15, 0.2) is 0 Å². The summed E-state index contributed by atoms with van der Waals surface area (Å²) in [6.45, 7) is 2.38. The van der Waals surface area contributed by atoms with Crippen LogP contribution in [0.15, 0.2) is 23.2 Å². The van der Waals surface area contributed by atoms with Crippen LogP contribution in [0, 0.1) is 6.92 Å². The first-order valence-corrected chi connectivity index (χ1v) is 8.43. The van der Waals surface area contributed by atoms with Crippen molar-refractivity contribution in [3.63, 3.8) is 0 Å². The van der Waals surface area contributed by atoms with Gasteiger partial charge in [0, 0.05) is 37.0 Å². The van der Waals surface area contributed by atoms with Crippen LogP contribution in [0.4, 0.5) is 5.69 Å². The van der Waals surface area contributed by atoms with E-state index in [1.807, 2.05) is 19.1 Å². The second-order valence-electron chi connectivity index (χ2n) is 3.85. The van der Waals surface area contributed by atoms with Crippen molar-refractivity contribution in [1.82, 2.24) is 8.43 Å². The first-order chi connectivity index (χ1) is 8.80. The van der Waals surface area contributed by atoms with Crippen LogP contribution in [0.1, 0.15) is 5.56 Å². The third kappa shape index (κ3) is 5.92. The Balaban J connectivity index is 2.43. The summed E-state index contributed by atoms with van der Waals surface area (Å²) in [7, 11) is -1.70. The summed E-state index contributed by atoms with van der Waals surface area (Å²) in [6.07, 6.45) is 2.83. The van der Waals surface area contributed by atoms with Crippen molar-refractivity contribution in [2.24, 2.45) is 4.99 Å². The standard InChI is InChI=1S/C11H16ClN3O2S2/c1-9-8-10(12)4-5-11(9)13-6-7-14-18-15(2)19(3,16)17/h4-6,8,14H,7H2,1-3H3. The normalized spacial score (nSPS) is 12.5. The van der Waals surface area contributed by atoms with Crippen molar-refractivity contribution >= 4 is 45.7 Å². The molecule has 0 bridgehead atoms. The average molecular weight is 322 g/mol. The molecule has 19 heavy (non-hydrogen) atoms. The Hall–Kier alpha value is -0.600. The highest BCUT2D eigenvalue weighted by molar-refractivity contribution is 8.07. The van der Waals surface area contributed by atoms with Crippen molar-refractivity contribution < 1.29 is 8.42 Å². The SMILES string of the molecule is Cc1cc(Cl)ccc1N=CCNSN(C)S(C)(=O)=O. The van der Waals surface area contributed by atoms with Crippen LogP contribution in [-0.4, -0.2) is 38.2 Å². The summed E-state index contributed by atoms with van der Waals surface area (Å²) in [4.78, 5) is 4.28. The minimum atomic E-state index is -3.18. The second kappa shape index (κ2) is 7.25. The lowest BCUT2D eigenvalue weighted by molar-refractivity contribution is 0.570. The molecular formula is C11H16ClN3O2S2. The largest absolute Gasteiger partial charge is 0.260 e. The van der Waals surface area contributed by atoms with E-state index >= 15 is 0 Å². The molecular weight excluding hydrogens is 306 g/mol. The van der Waals surface area contributed by atoms with Gasteiger partial charge < -0.3 is 0 Å². The smallest absolute Gasteiger partial charge is 0.221 e. The maximum atomic E-state index is 11.1. The molecule has 0 unspecified atom stereocenters. The summed E-state index contributed by atoms with van der Waals surface area (Å²) in [5, 5.41) is 0.680. The zero-order chi connectivity index (χ0) is 14.5. The average Bonchev–Trinajstić information content (AvgIpc) is 2.29. The van der Waals surface area contributed by atoms with E-state index in [0.717, 1.165) is 33.4 Å². The van der Waals surface area contributed by atoms with Crippen LogP contribution in [0.25, 0.3) is 0 Å². The van der Waals surface area contributed by atoms with E-state index in [0.29, 0.717) is 11.6 Å². The molecule has 1 N–H and O–H groups in total. The fourth-order valence-corrected chi connectivity index (χ4v) is 2.40. The molecule has 0 saturated heterocycles. The third-order valence-corrected chi connectivity index (χ3v) is 4.98. The number of aryl methyl sites for hydroxylation is 1. The van der Waals surface area contributed by atoms with Crippen LogP contribution >= 0.6 is 23.7 Å². The molecule has 0 atom stereocenters. The molecule has 106 valence electrons. The van der Waals surface area contributed by atoms with E-state index in [-0.39, 0.29) is 0 Å². The Labute approximate surface area is 123 Å². The Morgan fingerprint density at radius 1 is 1.53 bits per heavy atom. The van der Waals surface area contributed by atoms with Crippen molar-refractivity contribution in [2.75, 3.05) is 19.8 Å². The highest BCUT2D eigenvalue weighted by Gasteiger charge is 2.10. The molecule has 1 rings (SSSR count). The summed E-state index contributed by atoms with van der Waals surface area (Å²) >= 11 is 6.86. The predicted molar refractivity (Wildman–Crippen MR) is 82.5 cm³/mol. The molecule has 0 spiro atoms. The Kier molecular flexibility index (Phi) is 6.28. The van der Waals surface area contributed by atoms with Gasteiger partial charge >= 0.3 is 0 Å². The van der Waals surface area contributed by atoms with Gasteiger partial charge in [-0.2, -0.15) is 0 Å². The van der Waals surface area contributed by atoms with E-state index in [9.17, 15) is 8.42 Å². The molecule has 5 nitrogen and oxygen atoms in total. The Morgan fingerprint density at radius 3 is 2.79 bits per heavy atom. The molecule has 0 fully saturated rings. The highest BCUT2D eigenvalue weighted by Crippen LogP contribution is 2.21. The predicted octanol–water partition coefficient (Wildman–Crippen LogP) is 2.39. The van der Waals surface area contributed by atoms with Crippen LogP contribution in [0.5, 0.6) is 0 Å². The number of aliphatic imine (C=N–C) groups is 1. The topological polar surface area (TPSA) is 61.8 Å². The van der Waals surface area contributed by atoms with Gasteiger partial charge in [-0.05, 0) is 30.7 Å². The van der Waals surface area contributed by atoms with Crippen molar-refractivity contribution in [3.05, 3.63) is 28.8 Å². The molecule has 0 saturated carbocycles. The Morgan fingerprint density at radius 2 is 2.21 bits per heavy atom. The van der Waals surface area contributed by atoms with E-state index in [1.54, 1.807) is 12.3 Å². The van der Waals surface area contributed by atoms with Crippen LogP contribution in [0.3, 0.4) is 0 Å². The zero-order valence-electron chi connectivity index (χ0n) is 10.9. The quantitative estimate of drug-likeness (QED) is 0.496. The molecule has 1 aromatic carbocycles. The first kappa shape index (κ1) is 16.5. The lowest BCUT2D eigenvalue weighted by Crippen LogP contribution is -2.23. The molecule has 0 aromatic heterocycles. The maximum Gasteiger partial charge on any atom is 0.221 e. The molecule has 8 heteroatoms. The minimum absolute atomic E-state index is 0.451. The summed E-state index contributed by atoms with van der Waals surface area (Å²) in [5.41, 5.74) is 1.83. The van der Waals surface area contributed by atoms with Crippen molar-refractivity contribution in [3.8, 4) is 0 Å². The van der Waals surface area contributed by atoms with Gasteiger partial charge in [0.05, 0.1) is 11.9 Å². The highest BCUT2D eigenvalue weighted by atomic mass is 35.5. The lowest BCUT2D eigenvalue weighted by atomic mass is 10.2. The van der Waals surface area contributed by atoms with Crippen LogP contribution in [0.2, 0.25) is 5.02 Å². The number of sulfonamides is 1. The molecule has 0 amide bonds. The van der Waals surface area contributed by atoms with E-state index < -0.39 is 10.0 Å². The molecule has 0 heterocycles. The number of hydrogen-bond acceptors (Lipinski definition) is 5. The zero-order valence-corrected chi connectivity index (χ0v) is 13.3. The monoisotopic (exact) mass is 321 g/mol. The second-order valence-corrected chi connectivity index (χ2v) is 7.56. The molecule has 0 aliphatic heterocycles. The fraction of sp³-hybridized carbons (Fsp3) is 0.364. The number of rotatable bonds is 6. The van der Waals surface area contributed by atoms with Gasteiger partial charge in [0.2, 0.25) is 10.0 Å². The van der Waals surface area contributed by atoms with Gasteiger partial charge in [0.25, 0.3) is 0 Å². The van der Waals surface area contributed by atoms with E-state index in [4.69, 9.17) is 11.6 Å². The molecule has 1 aromatic rings. The lowest BCUT2D eigenvalue weighted by Gasteiger charge is -2.11. The van der Waals surface area contributed by atoms with Gasteiger partial charge in [-0.25, -0.2) is 13.1 Å². The molecule has 0 aliphatic rings. The molecule has 0 radical (unpaired) electrons. The number of nitrogens with one attached hydrogen (secondary N) is 1. The molecule has 0 aliphatic carbocycles.